The number of aromatic nitrogens is 1. The first kappa shape index (κ1) is 11.2. The first-order chi connectivity index (χ1) is 7.51. The van der Waals surface area contributed by atoms with E-state index in [9.17, 15) is 14.7 Å². The lowest BCUT2D eigenvalue weighted by Crippen LogP contribution is -2.31. The molecule has 2 rings (SSSR count). The highest BCUT2D eigenvalue weighted by atomic mass is 32.1. The SMILES string of the molecule is O=C1CCC(O)(c2nc(C(=O)O)cs2)CC1. The number of hydrogen-bond donors (Lipinski definition) is 2. The quantitative estimate of drug-likeness (QED) is 0.811. The van der Waals surface area contributed by atoms with Crippen LogP contribution in [0.4, 0.5) is 0 Å². The van der Waals surface area contributed by atoms with Crippen molar-refractivity contribution in [1.29, 1.82) is 0 Å². The normalized spacial score (nSPS) is 19.7. The molecule has 1 aliphatic carbocycles. The van der Waals surface area contributed by atoms with Crippen LogP contribution in [0.3, 0.4) is 0 Å². The monoisotopic (exact) mass is 241 g/mol. The van der Waals surface area contributed by atoms with Gasteiger partial charge in [0.05, 0.1) is 0 Å². The van der Waals surface area contributed by atoms with Crippen LogP contribution in [0, 0.1) is 0 Å². The zero-order chi connectivity index (χ0) is 11.8. The molecule has 1 fully saturated rings. The summed E-state index contributed by atoms with van der Waals surface area (Å²) in [6.45, 7) is 0. The Hall–Kier alpha value is -1.27. The van der Waals surface area contributed by atoms with E-state index in [4.69, 9.17) is 5.11 Å². The molecular weight excluding hydrogens is 230 g/mol. The third-order valence-corrected chi connectivity index (χ3v) is 3.79. The summed E-state index contributed by atoms with van der Waals surface area (Å²) >= 11 is 1.13. The number of hydrogen-bond acceptors (Lipinski definition) is 5. The highest BCUT2D eigenvalue weighted by Gasteiger charge is 2.37. The number of aromatic carboxylic acids is 1. The molecule has 0 amide bonds. The summed E-state index contributed by atoms with van der Waals surface area (Å²) in [5.41, 5.74) is -1.17. The number of ketones is 1. The van der Waals surface area contributed by atoms with Gasteiger partial charge in [-0.15, -0.1) is 11.3 Å². The van der Waals surface area contributed by atoms with Gasteiger partial charge < -0.3 is 10.2 Å². The molecule has 1 aliphatic rings. The van der Waals surface area contributed by atoms with Crippen LogP contribution in [0.1, 0.15) is 41.2 Å². The summed E-state index contributed by atoms with van der Waals surface area (Å²) < 4.78 is 0. The smallest absolute Gasteiger partial charge is 0.355 e. The Labute approximate surface area is 95.8 Å². The van der Waals surface area contributed by atoms with Crippen molar-refractivity contribution in [2.75, 3.05) is 0 Å². The van der Waals surface area contributed by atoms with Gasteiger partial charge in [-0.25, -0.2) is 9.78 Å². The van der Waals surface area contributed by atoms with Crippen molar-refractivity contribution >= 4 is 23.1 Å². The fourth-order valence-corrected chi connectivity index (χ4v) is 2.69. The zero-order valence-corrected chi connectivity index (χ0v) is 9.29. The molecule has 1 aromatic heterocycles. The molecule has 1 saturated carbocycles. The Morgan fingerprint density at radius 2 is 2.06 bits per heavy atom. The molecule has 0 saturated heterocycles. The van der Waals surface area contributed by atoms with E-state index in [1.807, 2.05) is 0 Å². The predicted molar refractivity (Wildman–Crippen MR) is 56.4 cm³/mol. The van der Waals surface area contributed by atoms with E-state index in [0.29, 0.717) is 30.7 Å². The van der Waals surface area contributed by atoms with Crippen LogP contribution in [0.5, 0.6) is 0 Å². The molecule has 6 heteroatoms. The zero-order valence-electron chi connectivity index (χ0n) is 8.47. The van der Waals surface area contributed by atoms with Crippen molar-refractivity contribution in [3.63, 3.8) is 0 Å². The summed E-state index contributed by atoms with van der Waals surface area (Å²) in [7, 11) is 0. The second kappa shape index (κ2) is 3.95. The van der Waals surface area contributed by atoms with Gasteiger partial charge in [-0.3, -0.25) is 4.79 Å². The lowest BCUT2D eigenvalue weighted by Gasteiger charge is -2.29. The summed E-state index contributed by atoms with van der Waals surface area (Å²) in [6.07, 6.45) is 1.33. The van der Waals surface area contributed by atoms with Gasteiger partial charge in [0.2, 0.25) is 0 Å². The maximum atomic E-state index is 11.1. The van der Waals surface area contributed by atoms with Crippen molar-refractivity contribution in [3.05, 3.63) is 16.1 Å². The minimum absolute atomic E-state index is 0.0506. The molecule has 0 atom stereocenters. The van der Waals surface area contributed by atoms with Gasteiger partial charge in [0.1, 0.15) is 16.4 Å². The fourth-order valence-electron chi connectivity index (χ4n) is 1.74. The van der Waals surface area contributed by atoms with Gasteiger partial charge in [-0.2, -0.15) is 0 Å². The minimum atomic E-state index is -1.12. The van der Waals surface area contributed by atoms with E-state index >= 15 is 0 Å². The Balaban J connectivity index is 2.22. The highest BCUT2D eigenvalue weighted by molar-refractivity contribution is 7.10. The van der Waals surface area contributed by atoms with Crippen LogP contribution >= 0.6 is 11.3 Å². The summed E-state index contributed by atoms with van der Waals surface area (Å²) in [5, 5.41) is 20.8. The topological polar surface area (TPSA) is 87.5 Å². The second-order valence-electron chi connectivity index (χ2n) is 3.91. The number of carbonyl (C=O) groups is 2. The maximum absolute atomic E-state index is 11.1. The Kier molecular flexibility index (Phi) is 2.77. The number of carboxylic acid groups (broad SMARTS) is 1. The number of Topliss-reactive ketones (excluding diaryl/α,β-unsaturated/α-hetero) is 1. The number of nitrogens with zero attached hydrogens (tertiary/aromatic N) is 1. The van der Waals surface area contributed by atoms with Crippen molar-refractivity contribution < 1.29 is 19.8 Å². The maximum Gasteiger partial charge on any atom is 0.355 e. The molecule has 0 bridgehead atoms. The largest absolute Gasteiger partial charge is 0.476 e. The number of carboxylic acids is 1. The van der Waals surface area contributed by atoms with Crippen LogP contribution < -0.4 is 0 Å². The molecule has 0 unspecified atom stereocenters. The van der Waals surface area contributed by atoms with E-state index < -0.39 is 11.6 Å². The van der Waals surface area contributed by atoms with Crippen LogP contribution in [0.15, 0.2) is 5.38 Å². The molecule has 5 nitrogen and oxygen atoms in total. The van der Waals surface area contributed by atoms with Gasteiger partial charge in [0.25, 0.3) is 0 Å². The Morgan fingerprint density at radius 1 is 1.44 bits per heavy atom. The van der Waals surface area contributed by atoms with Crippen molar-refractivity contribution in [1.82, 2.24) is 4.98 Å². The number of thiazole rings is 1. The Morgan fingerprint density at radius 3 is 2.56 bits per heavy atom. The van der Waals surface area contributed by atoms with Crippen LogP contribution in [-0.2, 0) is 10.4 Å². The molecule has 0 spiro atoms. The van der Waals surface area contributed by atoms with Gasteiger partial charge >= 0.3 is 5.97 Å². The van der Waals surface area contributed by atoms with Crippen LogP contribution in [0.25, 0.3) is 0 Å². The number of carbonyl (C=O) groups excluding carboxylic acids is 1. The third kappa shape index (κ3) is 1.98. The summed E-state index contributed by atoms with van der Waals surface area (Å²) in [4.78, 5) is 25.6. The van der Waals surface area contributed by atoms with Crippen molar-refractivity contribution in [2.24, 2.45) is 0 Å². The molecule has 16 heavy (non-hydrogen) atoms. The van der Waals surface area contributed by atoms with Gasteiger partial charge in [0, 0.05) is 18.2 Å². The molecular formula is C10H11NO4S. The molecule has 0 aromatic carbocycles. The lowest BCUT2D eigenvalue weighted by atomic mass is 9.85. The third-order valence-electron chi connectivity index (χ3n) is 2.76. The average molecular weight is 241 g/mol. The van der Waals surface area contributed by atoms with E-state index in [2.05, 4.69) is 4.98 Å². The summed E-state index contributed by atoms with van der Waals surface area (Å²) in [5.74, 6) is -0.960. The van der Waals surface area contributed by atoms with E-state index in [0.717, 1.165) is 11.3 Å². The van der Waals surface area contributed by atoms with Crippen molar-refractivity contribution in [2.45, 2.75) is 31.3 Å². The molecule has 0 radical (unpaired) electrons. The van der Waals surface area contributed by atoms with Crippen LogP contribution in [0.2, 0.25) is 0 Å². The molecule has 0 aliphatic heterocycles. The highest BCUT2D eigenvalue weighted by Crippen LogP contribution is 2.37. The molecule has 1 heterocycles. The molecule has 2 N–H and O–H groups in total. The van der Waals surface area contributed by atoms with Gasteiger partial charge in [0.15, 0.2) is 5.69 Å². The number of rotatable bonds is 2. The van der Waals surface area contributed by atoms with Gasteiger partial charge in [-0.1, -0.05) is 0 Å². The predicted octanol–water partition coefficient (Wildman–Crippen LogP) is 1.17. The lowest BCUT2D eigenvalue weighted by molar-refractivity contribution is -0.125. The molecule has 1 aromatic rings. The first-order valence-electron chi connectivity index (χ1n) is 4.95. The number of aliphatic hydroxyl groups is 1. The second-order valence-corrected chi connectivity index (χ2v) is 4.77. The van der Waals surface area contributed by atoms with Crippen molar-refractivity contribution in [3.8, 4) is 0 Å². The summed E-state index contributed by atoms with van der Waals surface area (Å²) in [6, 6.07) is 0. The fraction of sp³-hybridized carbons (Fsp3) is 0.500. The molecule has 86 valence electrons. The minimum Gasteiger partial charge on any atom is -0.476 e. The first-order valence-corrected chi connectivity index (χ1v) is 5.83. The van der Waals surface area contributed by atoms with E-state index in [1.165, 1.54) is 5.38 Å². The van der Waals surface area contributed by atoms with E-state index in [1.54, 1.807) is 0 Å². The van der Waals surface area contributed by atoms with Crippen LogP contribution in [-0.4, -0.2) is 26.9 Å². The average Bonchev–Trinajstić information content (AvgIpc) is 2.72. The van der Waals surface area contributed by atoms with E-state index in [-0.39, 0.29) is 11.5 Å². The Bertz CT molecular complexity index is 430. The standard InChI is InChI=1S/C10H11NO4S/c12-6-1-3-10(15,4-2-6)9-11-7(5-16-9)8(13)14/h5,15H,1-4H2,(H,13,14). The van der Waals surface area contributed by atoms with Gasteiger partial charge in [-0.05, 0) is 12.8 Å².